The average molecular weight is 410 g/mol. The zero-order valence-electron chi connectivity index (χ0n) is 17.6. The van der Waals surface area contributed by atoms with E-state index < -0.39 is 0 Å². The molecule has 2 aliphatic rings. The normalized spacial score (nSPS) is 24.3. The van der Waals surface area contributed by atoms with Gasteiger partial charge < -0.3 is 14.5 Å². The molecule has 0 radical (unpaired) electrons. The summed E-state index contributed by atoms with van der Waals surface area (Å²) < 4.78 is 5.60. The van der Waals surface area contributed by atoms with E-state index in [1.165, 1.54) is 15.4 Å². The fourth-order valence-corrected chi connectivity index (χ4v) is 4.47. The SMILES string of the molecule is CCCOc1ccc(N2C(=O)C[C@@H]([NH+]3CC[NH+](Cc4ccccc4)CC3)C2=O)cc1. The Hall–Kier alpha value is -2.70. The Morgan fingerprint density at radius 3 is 2.33 bits per heavy atom. The lowest BCUT2D eigenvalue weighted by molar-refractivity contribution is -1.02. The Morgan fingerprint density at radius 2 is 1.67 bits per heavy atom. The van der Waals surface area contributed by atoms with Crippen LogP contribution in [0.25, 0.3) is 0 Å². The van der Waals surface area contributed by atoms with E-state index in [0.29, 0.717) is 18.7 Å². The molecule has 2 aromatic carbocycles. The molecular formula is C24H31N3O3+2. The molecule has 1 atom stereocenters. The highest BCUT2D eigenvalue weighted by Gasteiger charge is 2.46. The molecule has 2 heterocycles. The maximum atomic E-state index is 13.1. The number of hydrogen-bond acceptors (Lipinski definition) is 3. The van der Waals surface area contributed by atoms with Crippen molar-refractivity contribution in [1.82, 2.24) is 0 Å². The zero-order chi connectivity index (χ0) is 20.9. The van der Waals surface area contributed by atoms with Crippen LogP contribution in [0.3, 0.4) is 0 Å². The lowest BCUT2D eigenvalue weighted by atomic mass is 10.1. The monoisotopic (exact) mass is 409 g/mol. The molecule has 2 aliphatic heterocycles. The standard InChI is InChI=1S/C24H29N3O3/c1-2-16-30-21-10-8-20(9-11-21)27-23(28)17-22(24(27)29)26-14-12-25(13-15-26)18-19-6-4-3-5-7-19/h3-11,22H,2,12-18H2,1H3/p+2/t22-/m1/s1. The molecule has 2 aromatic rings. The number of anilines is 1. The van der Waals surface area contributed by atoms with E-state index in [-0.39, 0.29) is 17.9 Å². The fourth-order valence-electron chi connectivity index (χ4n) is 4.47. The van der Waals surface area contributed by atoms with Gasteiger partial charge in [-0.15, -0.1) is 0 Å². The number of amides is 2. The topological polar surface area (TPSA) is 55.5 Å². The number of benzene rings is 2. The fraction of sp³-hybridized carbons (Fsp3) is 0.417. The van der Waals surface area contributed by atoms with E-state index in [9.17, 15) is 9.59 Å². The first-order valence-electron chi connectivity index (χ1n) is 11.0. The van der Waals surface area contributed by atoms with Crippen LogP contribution in [-0.4, -0.2) is 50.6 Å². The minimum absolute atomic E-state index is 0.0660. The van der Waals surface area contributed by atoms with Gasteiger partial charge in [0.2, 0.25) is 5.91 Å². The van der Waals surface area contributed by atoms with E-state index in [0.717, 1.165) is 44.9 Å². The number of nitrogens with one attached hydrogen (secondary N) is 2. The Balaban J connectivity index is 1.35. The van der Waals surface area contributed by atoms with Gasteiger partial charge in [0.1, 0.15) is 38.5 Å². The third-order valence-electron chi connectivity index (χ3n) is 6.10. The predicted molar refractivity (Wildman–Crippen MR) is 115 cm³/mol. The minimum atomic E-state index is -0.258. The van der Waals surface area contributed by atoms with Crippen molar-refractivity contribution >= 4 is 17.5 Å². The molecule has 0 aromatic heterocycles. The maximum Gasteiger partial charge on any atom is 0.292 e. The molecule has 0 spiro atoms. The van der Waals surface area contributed by atoms with E-state index in [1.807, 2.05) is 18.2 Å². The highest BCUT2D eigenvalue weighted by atomic mass is 16.5. The van der Waals surface area contributed by atoms with Crippen molar-refractivity contribution in [1.29, 1.82) is 0 Å². The average Bonchev–Trinajstić information content (AvgIpc) is 3.08. The van der Waals surface area contributed by atoms with Crippen molar-refractivity contribution < 1.29 is 24.1 Å². The highest BCUT2D eigenvalue weighted by Crippen LogP contribution is 2.24. The molecule has 30 heavy (non-hydrogen) atoms. The summed E-state index contributed by atoms with van der Waals surface area (Å²) in [6, 6.07) is 17.6. The molecule has 0 bridgehead atoms. The highest BCUT2D eigenvalue weighted by molar-refractivity contribution is 6.21. The Morgan fingerprint density at radius 1 is 0.967 bits per heavy atom. The zero-order valence-corrected chi connectivity index (χ0v) is 17.6. The molecule has 0 unspecified atom stereocenters. The summed E-state index contributed by atoms with van der Waals surface area (Å²) in [5.74, 6) is 0.599. The summed E-state index contributed by atoms with van der Waals surface area (Å²) >= 11 is 0. The van der Waals surface area contributed by atoms with Crippen molar-refractivity contribution in [2.45, 2.75) is 32.4 Å². The molecule has 4 rings (SSSR count). The van der Waals surface area contributed by atoms with Crippen molar-refractivity contribution in [2.24, 2.45) is 0 Å². The largest absolute Gasteiger partial charge is 0.494 e. The molecule has 2 saturated heterocycles. The Labute approximate surface area is 178 Å². The number of piperazine rings is 1. The van der Waals surface area contributed by atoms with Gasteiger partial charge in [0.05, 0.1) is 18.7 Å². The van der Waals surface area contributed by atoms with Crippen LogP contribution in [0.4, 0.5) is 5.69 Å². The van der Waals surface area contributed by atoms with Gasteiger partial charge >= 0.3 is 0 Å². The van der Waals surface area contributed by atoms with Gasteiger partial charge in [0.15, 0.2) is 6.04 Å². The summed E-state index contributed by atoms with van der Waals surface area (Å²) in [6.07, 6.45) is 1.24. The molecule has 2 N–H and O–H groups in total. The number of rotatable bonds is 7. The smallest absolute Gasteiger partial charge is 0.292 e. The van der Waals surface area contributed by atoms with Gasteiger partial charge in [-0.05, 0) is 30.7 Å². The lowest BCUT2D eigenvalue weighted by Gasteiger charge is -2.32. The quantitative estimate of drug-likeness (QED) is 0.638. The van der Waals surface area contributed by atoms with Gasteiger partial charge in [0, 0.05) is 5.56 Å². The summed E-state index contributed by atoms with van der Waals surface area (Å²) in [7, 11) is 0. The predicted octanol–water partition coefficient (Wildman–Crippen LogP) is 0.0909. The van der Waals surface area contributed by atoms with E-state index in [1.54, 1.807) is 17.0 Å². The molecule has 2 fully saturated rings. The third-order valence-corrected chi connectivity index (χ3v) is 6.10. The maximum absolute atomic E-state index is 13.1. The summed E-state index contributed by atoms with van der Waals surface area (Å²) in [4.78, 5) is 29.9. The molecule has 158 valence electrons. The number of hydrogen-bond donors (Lipinski definition) is 2. The van der Waals surface area contributed by atoms with Crippen molar-refractivity contribution in [3.05, 3.63) is 60.2 Å². The van der Waals surface area contributed by atoms with Gasteiger partial charge in [-0.2, -0.15) is 0 Å². The molecule has 2 amide bonds. The van der Waals surface area contributed by atoms with Crippen molar-refractivity contribution in [3.8, 4) is 5.75 Å². The van der Waals surface area contributed by atoms with Gasteiger partial charge in [0.25, 0.3) is 5.91 Å². The van der Waals surface area contributed by atoms with Crippen molar-refractivity contribution in [3.63, 3.8) is 0 Å². The van der Waals surface area contributed by atoms with E-state index in [4.69, 9.17) is 4.74 Å². The first-order valence-corrected chi connectivity index (χ1v) is 11.0. The van der Waals surface area contributed by atoms with Crippen LogP contribution in [0.1, 0.15) is 25.3 Å². The Bertz CT molecular complexity index is 861. The van der Waals surface area contributed by atoms with Crippen LogP contribution in [0, 0.1) is 0 Å². The van der Waals surface area contributed by atoms with Crippen LogP contribution >= 0.6 is 0 Å². The van der Waals surface area contributed by atoms with E-state index >= 15 is 0 Å². The third kappa shape index (κ3) is 4.55. The molecular weight excluding hydrogens is 378 g/mol. The number of ether oxygens (including phenoxy) is 1. The second kappa shape index (κ2) is 9.41. The first kappa shape index (κ1) is 20.6. The summed E-state index contributed by atoms with van der Waals surface area (Å²) in [5.41, 5.74) is 1.99. The number of carbonyl (C=O) groups is 2. The molecule has 0 aliphatic carbocycles. The van der Waals surface area contributed by atoms with E-state index in [2.05, 4.69) is 31.2 Å². The molecule has 0 saturated carbocycles. The van der Waals surface area contributed by atoms with Gasteiger partial charge in [-0.25, -0.2) is 4.90 Å². The lowest BCUT2D eigenvalue weighted by Crippen LogP contribution is -3.29. The second-order valence-electron chi connectivity index (χ2n) is 8.24. The van der Waals surface area contributed by atoms with Gasteiger partial charge in [-0.3, -0.25) is 9.59 Å². The minimum Gasteiger partial charge on any atom is -0.494 e. The van der Waals surface area contributed by atoms with Gasteiger partial charge in [-0.1, -0.05) is 37.3 Å². The second-order valence-corrected chi connectivity index (χ2v) is 8.24. The first-order chi connectivity index (χ1) is 14.7. The van der Waals surface area contributed by atoms with Crippen LogP contribution in [0.2, 0.25) is 0 Å². The van der Waals surface area contributed by atoms with Crippen LogP contribution in [0.5, 0.6) is 5.75 Å². The molecule has 6 heteroatoms. The van der Waals surface area contributed by atoms with Crippen LogP contribution in [-0.2, 0) is 16.1 Å². The number of imide groups is 1. The van der Waals surface area contributed by atoms with Crippen molar-refractivity contribution in [2.75, 3.05) is 37.7 Å². The van der Waals surface area contributed by atoms with Crippen LogP contribution < -0.4 is 19.4 Å². The number of quaternary nitrogens is 2. The Kier molecular flexibility index (Phi) is 6.45. The molecule has 6 nitrogen and oxygen atoms in total. The number of nitrogens with zero attached hydrogens (tertiary/aromatic N) is 1. The number of carbonyl (C=O) groups excluding carboxylic acids is 2. The van der Waals surface area contributed by atoms with Crippen LogP contribution in [0.15, 0.2) is 54.6 Å². The summed E-state index contributed by atoms with van der Waals surface area (Å²) in [5, 5.41) is 0. The summed E-state index contributed by atoms with van der Waals surface area (Å²) in [6.45, 7) is 7.61.